The van der Waals surface area contributed by atoms with Crippen molar-refractivity contribution in [1.82, 2.24) is 4.98 Å². The molecule has 29 heavy (non-hydrogen) atoms. The second kappa shape index (κ2) is 6.63. The monoisotopic (exact) mass is 382 g/mol. The van der Waals surface area contributed by atoms with Crippen LogP contribution in [0.15, 0.2) is 80.5 Å². The van der Waals surface area contributed by atoms with Crippen LogP contribution in [0.3, 0.4) is 0 Å². The van der Waals surface area contributed by atoms with E-state index in [9.17, 15) is 4.79 Å². The molecular weight excluding hydrogens is 364 g/mol. The summed E-state index contributed by atoms with van der Waals surface area (Å²) in [6.07, 6.45) is 1.69. The van der Waals surface area contributed by atoms with Crippen LogP contribution >= 0.6 is 0 Å². The normalized spacial score (nSPS) is 11.2. The Hall–Kier alpha value is -3.86. The average Bonchev–Trinajstić information content (AvgIpc) is 3.11. The number of pyridine rings is 1. The van der Waals surface area contributed by atoms with Gasteiger partial charge >= 0.3 is 5.63 Å². The maximum absolute atomic E-state index is 12.9. The summed E-state index contributed by atoms with van der Waals surface area (Å²) < 4.78 is 11.8. The Balaban J connectivity index is 1.83. The molecule has 0 aliphatic carbocycles. The van der Waals surface area contributed by atoms with E-state index in [0.717, 1.165) is 16.6 Å². The van der Waals surface area contributed by atoms with Crippen molar-refractivity contribution in [2.24, 2.45) is 0 Å². The van der Waals surface area contributed by atoms with E-state index in [2.05, 4.69) is 23.3 Å². The minimum absolute atomic E-state index is 0.384. The molecule has 0 spiro atoms. The molecule has 3 heterocycles. The third-order valence-corrected chi connectivity index (χ3v) is 5.00. The topological polar surface area (TPSA) is 68.3 Å². The van der Waals surface area contributed by atoms with Gasteiger partial charge < -0.3 is 14.2 Å². The third kappa shape index (κ3) is 2.88. The van der Waals surface area contributed by atoms with Crippen LogP contribution in [0, 0.1) is 13.8 Å². The van der Waals surface area contributed by atoms with Crippen LogP contribution in [0.5, 0.6) is 0 Å². The second-order valence-electron chi connectivity index (χ2n) is 7.05. The van der Waals surface area contributed by atoms with Crippen molar-refractivity contribution in [2.75, 3.05) is 5.32 Å². The van der Waals surface area contributed by atoms with Gasteiger partial charge in [-0.3, -0.25) is 4.98 Å². The molecule has 0 aliphatic rings. The number of benzene rings is 2. The van der Waals surface area contributed by atoms with E-state index < -0.39 is 5.63 Å². The first-order valence-electron chi connectivity index (χ1n) is 9.36. The maximum Gasteiger partial charge on any atom is 0.348 e. The number of para-hydroxylation sites is 1. The van der Waals surface area contributed by atoms with E-state index in [1.54, 1.807) is 12.3 Å². The number of furan rings is 1. The van der Waals surface area contributed by atoms with E-state index in [0.29, 0.717) is 33.7 Å². The Labute approximate surface area is 166 Å². The summed E-state index contributed by atoms with van der Waals surface area (Å²) in [6, 6.07) is 19.1. The smallest absolute Gasteiger partial charge is 0.348 e. The Bertz CT molecular complexity index is 1420. The average molecular weight is 382 g/mol. The number of nitrogens with zero attached hydrogens (tertiary/aromatic N) is 1. The van der Waals surface area contributed by atoms with Gasteiger partial charge in [0.15, 0.2) is 5.58 Å². The van der Waals surface area contributed by atoms with E-state index in [1.165, 1.54) is 5.56 Å². The lowest BCUT2D eigenvalue weighted by Crippen LogP contribution is -2.00. The fourth-order valence-electron chi connectivity index (χ4n) is 3.63. The zero-order chi connectivity index (χ0) is 20.0. The molecular formula is C24H18N2O3. The highest BCUT2D eigenvalue weighted by Gasteiger charge is 2.23. The number of hydrogen-bond donors (Lipinski definition) is 1. The minimum atomic E-state index is -0.447. The number of anilines is 2. The summed E-state index contributed by atoms with van der Waals surface area (Å²) >= 11 is 0. The number of rotatable bonds is 3. The van der Waals surface area contributed by atoms with Gasteiger partial charge in [0, 0.05) is 11.9 Å². The fraction of sp³-hybridized carbons (Fsp3) is 0.0833. The van der Waals surface area contributed by atoms with Gasteiger partial charge in [-0.2, -0.15) is 0 Å². The van der Waals surface area contributed by atoms with Gasteiger partial charge in [0.1, 0.15) is 11.0 Å². The summed E-state index contributed by atoms with van der Waals surface area (Å²) in [4.78, 5) is 17.3. The molecule has 0 saturated carbocycles. The molecule has 0 bridgehead atoms. The predicted molar refractivity (Wildman–Crippen MR) is 115 cm³/mol. The Morgan fingerprint density at radius 3 is 2.55 bits per heavy atom. The van der Waals surface area contributed by atoms with Gasteiger partial charge in [-0.1, -0.05) is 35.9 Å². The van der Waals surface area contributed by atoms with E-state index >= 15 is 0 Å². The number of aromatic nitrogens is 1. The van der Waals surface area contributed by atoms with Gasteiger partial charge in [0.05, 0.1) is 16.6 Å². The van der Waals surface area contributed by atoms with Crippen molar-refractivity contribution in [3.63, 3.8) is 0 Å². The molecule has 142 valence electrons. The van der Waals surface area contributed by atoms with E-state index in [4.69, 9.17) is 8.83 Å². The molecule has 5 aromatic rings. The van der Waals surface area contributed by atoms with Crippen LogP contribution in [-0.4, -0.2) is 4.98 Å². The molecule has 0 radical (unpaired) electrons. The van der Waals surface area contributed by atoms with Crippen LogP contribution in [0.2, 0.25) is 0 Å². The summed E-state index contributed by atoms with van der Waals surface area (Å²) in [5.41, 5.74) is 4.93. The number of fused-ring (bicyclic) bond motifs is 3. The van der Waals surface area contributed by atoms with Gasteiger partial charge in [0.2, 0.25) is 5.88 Å². The molecule has 0 aliphatic heterocycles. The minimum Gasteiger partial charge on any atom is -0.439 e. The first-order valence-corrected chi connectivity index (χ1v) is 9.36. The lowest BCUT2D eigenvalue weighted by molar-refractivity contribution is 0.566. The number of aryl methyl sites for hydroxylation is 2. The lowest BCUT2D eigenvalue weighted by Gasteiger charge is -2.09. The van der Waals surface area contributed by atoms with Crippen LogP contribution in [-0.2, 0) is 0 Å². The van der Waals surface area contributed by atoms with Crippen molar-refractivity contribution in [1.29, 1.82) is 0 Å². The van der Waals surface area contributed by atoms with Crippen molar-refractivity contribution in [3.8, 4) is 11.3 Å². The molecule has 5 heteroatoms. The quantitative estimate of drug-likeness (QED) is 0.390. The largest absolute Gasteiger partial charge is 0.439 e. The third-order valence-electron chi connectivity index (χ3n) is 5.00. The lowest BCUT2D eigenvalue weighted by atomic mass is 10.1. The Kier molecular flexibility index (Phi) is 3.95. The van der Waals surface area contributed by atoms with Gasteiger partial charge in [0.25, 0.3) is 0 Å². The van der Waals surface area contributed by atoms with Crippen molar-refractivity contribution in [3.05, 3.63) is 88.4 Å². The molecule has 3 aromatic heterocycles. The molecule has 0 amide bonds. The van der Waals surface area contributed by atoms with Gasteiger partial charge in [-0.15, -0.1) is 0 Å². The Morgan fingerprint density at radius 1 is 0.931 bits per heavy atom. The van der Waals surface area contributed by atoms with Crippen LogP contribution < -0.4 is 10.9 Å². The molecule has 1 N–H and O–H groups in total. The summed E-state index contributed by atoms with van der Waals surface area (Å²) in [5.74, 6) is 0.467. The highest BCUT2D eigenvalue weighted by molar-refractivity contribution is 6.09. The SMILES string of the molecule is Cc1ccc(Nc2oc3c(c2-c2ccccn2)c(=O)oc2ccccc23)c(C)c1. The first kappa shape index (κ1) is 17.3. The molecule has 0 atom stereocenters. The van der Waals surface area contributed by atoms with Crippen molar-refractivity contribution < 1.29 is 8.83 Å². The highest BCUT2D eigenvalue weighted by atomic mass is 16.4. The zero-order valence-electron chi connectivity index (χ0n) is 16.0. The van der Waals surface area contributed by atoms with Crippen LogP contribution in [0.4, 0.5) is 11.6 Å². The van der Waals surface area contributed by atoms with Gasteiger partial charge in [-0.05, 0) is 49.7 Å². The van der Waals surface area contributed by atoms with E-state index in [-0.39, 0.29) is 0 Å². The second-order valence-corrected chi connectivity index (χ2v) is 7.05. The van der Waals surface area contributed by atoms with Crippen LogP contribution in [0.25, 0.3) is 33.2 Å². The number of nitrogens with one attached hydrogen (secondary N) is 1. The predicted octanol–water partition coefficient (Wildman–Crippen LogP) is 5.96. The van der Waals surface area contributed by atoms with Gasteiger partial charge in [-0.25, -0.2) is 4.79 Å². The zero-order valence-corrected chi connectivity index (χ0v) is 16.0. The van der Waals surface area contributed by atoms with E-state index in [1.807, 2.05) is 55.5 Å². The standard InChI is InChI=1S/C24H18N2O3/c1-14-10-11-17(15(2)13-14)26-23-20(18-8-5-6-12-25-18)21-22(29-23)16-7-3-4-9-19(16)28-24(21)27/h3-13,26H,1-2H3. The summed E-state index contributed by atoms with van der Waals surface area (Å²) in [7, 11) is 0. The summed E-state index contributed by atoms with van der Waals surface area (Å²) in [5, 5.41) is 4.49. The molecule has 5 nitrogen and oxygen atoms in total. The highest BCUT2D eigenvalue weighted by Crippen LogP contribution is 2.40. The summed E-state index contributed by atoms with van der Waals surface area (Å²) in [6.45, 7) is 4.08. The molecule has 5 rings (SSSR count). The van der Waals surface area contributed by atoms with Crippen LogP contribution in [0.1, 0.15) is 11.1 Å². The van der Waals surface area contributed by atoms with Crippen molar-refractivity contribution in [2.45, 2.75) is 13.8 Å². The molecule has 0 unspecified atom stereocenters. The molecule has 0 fully saturated rings. The Morgan fingerprint density at radius 2 is 1.76 bits per heavy atom. The molecule has 2 aromatic carbocycles. The maximum atomic E-state index is 12.9. The number of hydrogen-bond acceptors (Lipinski definition) is 5. The first-order chi connectivity index (χ1) is 14.1. The molecule has 0 saturated heterocycles. The van der Waals surface area contributed by atoms with Crippen molar-refractivity contribution >= 4 is 33.5 Å². The fourth-order valence-corrected chi connectivity index (χ4v) is 3.63.